The number of nitro groups is 1. The lowest BCUT2D eigenvalue weighted by Gasteiger charge is -2.23. The highest BCUT2D eigenvalue weighted by atomic mass is 32.2. The zero-order chi connectivity index (χ0) is 17.5. The van der Waals surface area contributed by atoms with Crippen molar-refractivity contribution in [2.75, 3.05) is 5.32 Å². The van der Waals surface area contributed by atoms with E-state index in [1.54, 1.807) is 11.8 Å². The Balaban J connectivity index is 1.90. The number of thioether (sulfide) groups is 1. The summed E-state index contributed by atoms with van der Waals surface area (Å²) in [5.41, 5.74) is 2.15. The van der Waals surface area contributed by atoms with Crippen LogP contribution in [0.1, 0.15) is 42.4 Å². The standard InChI is InChI=1S/C16H18N4O3S/c1-16(2,3)19-14(12-8-24-9-13(12)18-19)17-15(21)10-4-6-11(7-5-10)20(22)23/h4-7H,8-9H2,1-3H3,(H,17,21). The molecule has 0 aliphatic carbocycles. The molecule has 24 heavy (non-hydrogen) atoms. The Morgan fingerprint density at radius 1 is 1.29 bits per heavy atom. The summed E-state index contributed by atoms with van der Waals surface area (Å²) >= 11 is 1.77. The maximum absolute atomic E-state index is 12.5. The van der Waals surface area contributed by atoms with Crippen LogP contribution in [-0.4, -0.2) is 20.6 Å². The van der Waals surface area contributed by atoms with Crippen molar-refractivity contribution in [1.29, 1.82) is 0 Å². The summed E-state index contributed by atoms with van der Waals surface area (Å²) in [5.74, 6) is 2.08. The van der Waals surface area contributed by atoms with E-state index in [4.69, 9.17) is 0 Å². The molecule has 1 aromatic carbocycles. The second-order valence-corrected chi connectivity index (χ2v) is 7.59. The highest BCUT2D eigenvalue weighted by Gasteiger charge is 2.29. The van der Waals surface area contributed by atoms with E-state index in [2.05, 4.69) is 10.4 Å². The summed E-state index contributed by atoms with van der Waals surface area (Å²) in [7, 11) is 0. The fourth-order valence-corrected chi connectivity index (χ4v) is 3.58. The Bertz CT molecular complexity index is 806. The molecule has 1 N–H and O–H groups in total. The predicted molar refractivity (Wildman–Crippen MR) is 93.3 cm³/mol. The fraction of sp³-hybridized carbons (Fsp3) is 0.375. The van der Waals surface area contributed by atoms with Gasteiger partial charge in [0.1, 0.15) is 5.82 Å². The highest BCUT2D eigenvalue weighted by Crippen LogP contribution is 2.37. The number of aromatic nitrogens is 2. The average Bonchev–Trinajstić information content (AvgIpc) is 3.09. The molecular formula is C16H18N4O3S. The number of amides is 1. The molecule has 0 fully saturated rings. The Labute approximate surface area is 143 Å². The van der Waals surface area contributed by atoms with Crippen LogP contribution < -0.4 is 5.32 Å². The van der Waals surface area contributed by atoms with Crippen LogP contribution in [0.4, 0.5) is 11.5 Å². The number of nitrogens with one attached hydrogen (secondary N) is 1. The van der Waals surface area contributed by atoms with E-state index < -0.39 is 4.92 Å². The summed E-state index contributed by atoms with van der Waals surface area (Å²) in [5, 5.41) is 18.3. The maximum atomic E-state index is 12.5. The van der Waals surface area contributed by atoms with Gasteiger partial charge in [-0.15, -0.1) is 0 Å². The van der Waals surface area contributed by atoms with Crippen LogP contribution in [0, 0.1) is 10.1 Å². The quantitative estimate of drug-likeness (QED) is 0.678. The van der Waals surface area contributed by atoms with Gasteiger partial charge in [-0.2, -0.15) is 16.9 Å². The van der Waals surface area contributed by atoms with Crippen LogP contribution in [0.25, 0.3) is 0 Å². The van der Waals surface area contributed by atoms with Crippen molar-refractivity contribution in [2.24, 2.45) is 0 Å². The van der Waals surface area contributed by atoms with Gasteiger partial charge >= 0.3 is 0 Å². The number of non-ortho nitro benzene ring substituents is 1. The van der Waals surface area contributed by atoms with Crippen molar-refractivity contribution in [3.63, 3.8) is 0 Å². The van der Waals surface area contributed by atoms with Gasteiger partial charge in [0.25, 0.3) is 11.6 Å². The Morgan fingerprint density at radius 3 is 2.54 bits per heavy atom. The SMILES string of the molecule is CC(C)(C)n1nc2c(c1NC(=O)c1ccc([N+](=O)[O-])cc1)CSC2. The molecule has 0 unspecified atom stereocenters. The van der Waals surface area contributed by atoms with Crippen LogP contribution >= 0.6 is 11.8 Å². The van der Waals surface area contributed by atoms with Crippen molar-refractivity contribution in [3.05, 3.63) is 51.2 Å². The molecule has 0 saturated heterocycles. The average molecular weight is 346 g/mol. The van der Waals surface area contributed by atoms with Gasteiger partial charge in [-0.05, 0) is 32.9 Å². The van der Waals surface area contributed by atoms with E-state index in [0.29, 0.717) is 11.4 Å². The van der Waals surface area contributed by atoms with Crippen LogP contribution in [0.5, 0.6) is 0 Å². The van der Waals surface area contributed by atoms with E-state index in [0.717, 1.165) is 22.8 Å². The van der Waals surface area contributed by atoms with Gasteiger partial charge in [-0.1, -0.05) is 0 Å². The van der Waals surface area contributed by atoms with E-state index >= 15 is 0 Å². The molecular weight excluding hydrogens is 328 g/mol. The first kappa shape index (κ1) is 16.5. The van der Waals surface area contributed by atoms with Gasteiger partial charge in [0.05, 0.1) is 16.2 Å². The number of fused-ring (bicyclic) bond motifs is 1. The number of rotatable bonds is 3. The molecule has 0 saturated carbocycles. The molecule has 0 bridgehead atoms. The van der Waals surface area contributed by atoms with E-state index in [-0.39, 0.29) is 17.1 Å². The minimum atomic E-state index is -0.486. The van der Waals surface area contributed by atoms with E-state index in [1.165, 1.54) is 24.3 Å². The van der Waals surface area contributed by atoms with Gasteiger partial charge < -0.3 is 5.32 Å². The number of anilines is 1. The monoisotopic (exact) mass is 346 g/mol. The Hall–Kier alpha value is -2.35. The topological polar surface area (TPSA) is 90.1 Å². The predicted octanol–water partition coefficient (Wildman–Crippen LogP) is 3.55. The van der Waals surface area contributed by atoms with E-state index in [9.17, 15) is 14.9 Å². The smallest absolute Gasteiger partial charge is 0.269 e. The third kappa shape index (κ3) is 3.01. The fourth-order valence-electron chi connectivity index (χ4n) is 2.54. The first-order chi connectivity index (χ1) is 11.3. The molecule has 0 radical (unpaired) electrons. The van der Waals surface area contributed by atoms with Crippen LogP contribution in [0.15, 0.2) is 24.3 Å². The molecule has 2 heterocycles. The maximum Gasteiger partial charge on any atom is 0.269 e. The van der Waals surface area contributed by atoms with Crippen molar-refractivity contribution in [1.82, 2.24) is 9.78 Å². The van der Waals surface area contributed by atoms with Gasteiger partial charge in [-0.3, -0.25) is 14.9 Å². The number of hydrogen-bond donors (Lipinski definition) is 1. The molecule has 0 spiro atoms. The molecule has 3 rings (SSSR count). The molecule has 8 heteroatoms. The van der Waals surface area contributed by atoms with Crippen molar-refractivity contribution >= 4 is 29.2 Å². The van der Waals surface area contributed by atoms with Gasteiger partial charge in [0.15, 0.2) is 0 Å². The first-order valence-electron chi connectivity index (χ1n) is 7.52. The van der Waals surface area contributed by atoms with Gasteiger partial charge in [0, 0.05) is 34.8 Å². The third-order valence-corrected chi connectivity index (χ3v) is 4.73. The summed E-state index contributed by atoms with van der Waals surface area (Å²) in [6, 6.07) is 5.58. The normalized spacial score (nSPS) is 13.6. The summed E-state index contributed by atoms with van der Waals surface area (Å²) < 4.78 is 1.85. The number of nitro benzene ring substituents is 1. The summed E-state index contributed by atoms with van der Waals surface area (Å²) in [4.78, 5) is 22.8. The van der Waals surface area contributed by atoms with Gasteiger partial charge in [-0.25, -0.2) is 4.68 Å². The first-order valence-corrected chi connectivity index (χ1v) is 8.67. The third-order valence-electron chi connectivity index (χ3n) is 3.76. The minimum absolute atomic E-state index is 0.0384. The molecule has 1 aromatic heterocycles. The van der Waals surface area contributed by atoms with Crippen LogP contribution in [0.3, 0.4) is 0 Å². The van der Waals surface area contributed by atoms with Crippen LogP contribution in [0.2, 0.25) is 0 Å². The second-order valence-electron chi connectivity index (χ2n) is 6.61. The molecule has 1 aliphatic heterocycles. The van der Waals surface area contributed by atoms with Crippen molar-refractivity contribution < 1.29 is 9.72 Å². The molecule has 0 atom stereocenters. The lowest BCUT2D eigenvalue weighted by atomic mass is 10.1. The molecule has 126 valence electrons. The molecule has 7 nitrogen and oxygen atoms in total. The zero-order valence-electron chi connectivity index (χ0n) is 13.7. The molecule has 1 aliphatic rings. The second kappa shape index (κ2) is 5.94. The number of hydrogen-bond acceptors (Lipinski definition) is 5. The van der Waals surface area contributed by atoms with Crippen LogP contribution in [-0.2, 0) is 17.0 Å². The Kier molecular flexibility index (Phi) is 4.08. The minimum Gasteiger partial charge on any atom is -0.306 e. The lowest BCUT2D eigenvalue weighted by Crippen LogP contribution is -2.27. The molecule has 2 aromatic rings. The highest BCUT2D eigenvalue weighted by molar-refractivity contribution is 7.98. The zero-order valence-corrected chi connectivity index (χ0v) is 14.5. The Morgan fingerprint density at radius 2 is 1.96 bits per heavy atom. The summed E-state index contributed by atoms with van der Waals surface area (Å²) in [6.07, 6.45) is 0. The van der Waals surface area contributed by atoms with Crippen molar-refractivity contribution in [2.45, 2.75) is 37.8 Å². The van der Waals surface area contributed by atoms with Crippen molar-refractivity contribution in [3.8, 4) is 0 Å². The number of carbonyl (C=O) groups excluding carboxylic acids is 1. The van der Waals surface area contributed by atoms with Gasteiger partial charge in [0.2, 0.25) is 0 Å². The number of carbonyl (C=O) groups is 1. The summed E-state index contributed by atoms with van der Waals surface area (Å²) in [6.45, 7) is 6.09. The lowest BCUT2D eigenvalue weighted by molar-refractivity contribution is -0.384. The molecule has 1 amide bonds. The number of benzene rings is 1. The largest absolute Gasteiger partial charge is 0.306 e. The van der Waals surface area contributed by atoms with E-state index in [1.807, 2.05) is 25.5 Å². The number of nitrogens with zero attached hydrogens (tertiary/aromatic N) is 3.